The van der Waals surface area contributed by atoms with Gasteiger partial charge in [-0.05, 0) is 67.9 Å². The van der Waals surface area contributed by atoms with Crippen LogP contribution in [0.15, 0.2) is 53.6 Å². The van der Waals surface area contributed by atoms with Gasteiger partial charge >= 0.3 is 6.18 Å². The lowest BCUT2D eigenvalue weighted by Crippen LogP contribution is -2.37. The molecule has 0 aliphatic carbocycles. The maximum atomic E-state index is 13.9. The number of sulfonamides is 1. The molecule has 7 nitrogen and oxygen atoms in total. The second-order valence-electron chi connectivity index (χ2n) is 9.36. The van der Waals surface area contributed by atoms with E-state index in [0.29, 0.717) is 39.0 Å². The second-order valence-corrected chi connectivity index (χ2v) is 11.3. The Kier molecular flexibility index (Phi) is 6.54. The first kappa shape index (κ1) is 24.8. The SMILES string of the molecule is O=C(c1c(C(F)(F)F)nn2ccc(C3CCN(S(=O)(=O)c4ccccc4)CC3)cc12)N1CCCCC1. The number of likely N-dealkylation sites (tertiary alicyclic amines) is 1. The van der Waals surface area contributed by atoms with Crippen molar-refractivity contribution in [1.29, 1.82) is 0 Å². The first-order chi connectivity index (χ1) is 17.2. The van der Waals surface area contributed by atoms with Crippen LogP contribution in [-0.4, -0.2) is 59.3 Å². The fourth-order valence-electron chi connectivity index (χ4n) is 5.15. The van der Waals surface area contributed by atoms with Gasteiger partial charge in [0.25, 0.3) is 5.91 Å². The molecule has 2 fully saturated rings. The van der Waals surface area contributed by atoms with Gasteiger partial charge < -0.3 is 4.90 Å². The Morgan fingerprint density at radius 2 is 1.61 bits per heavy atom. The summed E-state index contributed by atoms with van der Waals surface area (Å²) in [6.07, 6.45) is 0.234. The van der Waals surface area contributed by atoms with E-state index in [-0.39, 0.29) is 16.3 Å². The number of carbonyl (C=O) groups is 1. The molecule has 0 radical (unpaired) electrons. The van der Waals surface area contributed by atoms with Crippen molar-refractivity contribution in [1.82, 2.24) is 18.8 Å². The molecule has 11 heteroatoms. The third kappa shape index (κ3) is 4.61. The second kappa shape index (κ2) is 9.51. The molecule has 5 rings (SSSR count). The van der Waals surface area contributed by atoms with E-state index < -0.39 is 33.4 Å². The monoisotopic (exact) mass is 520 g/mol. The predicted molar refractivity (Wildman–Crippen MR) is 127 cm³/mol. The van der Waals surface area contributed by atoms with E-state index in [0.717, 1.165) is 29.3 Å². The molecule has 2 saturated heterocycles. The van der Waals surface area contributed by atoms with Crippen molar-refractivity contribution in [2.45, 2.75) is 49.1 Å². The number of hydrogen-bond acceptors (Lipinski definition) is 4. The number of nitrogens with zero attached hydrogens (tertiary/aromatic N) is 4. The number of hydrogen-bond donors (Lipinski definition) is 0. The Balaban J connectivity index is 1.43. The maximum absolute atomic E-state index is 13.9. The molecule has 0 atom stereocenters. The average molecular weight is 521 g/mol. The van der Waals surface area contributed by atoms with E-state index in [4.69, 9.17) is 0 Å². The van der Waals surface area contributed by atoms with Gasteiger partial charge in [0.2, 0.25) is 10.0 Å². The molecule has 1 amide bonds. The van der Waals surface area contributed by atoms with E-state index >= 15 is 0 Å². The third-order valence-electron chi connectivity index (χ3n) is 7.09. The Morgan fingerprint density at radius 3 is 2.25 bits per heavy atom. The highest BCUT2D eigenvalue weighted by molar-refractivity contribution is 7.89. The number of pyridine rings is 1. The lowest BCUT2D eigenvalue weighted by atomic mass is 9.90. The molecule has 0 unspecified atom stereocenters. The fourth-order valence-corrected chi connectivity index (χ4v) is 6.64. The summed E-state index contributed by atoms with van der Waals surface area (Å²) in [5.41, 5.74) is -0.662. The van der Waals surface area contributed by atoms with Crippen LogP contribution < -0.4 is 0 Å². The summed E-state index contributed by atoms with van der Waals surface area (Å²) in [4.78, 5) is 14.9. The van der Waals surface area contributed by atoms with E-state index in [2.05, 4.69) is 5.10 Å². The molecular formula is C25H27F3N4O3S. The van der Waals surface area contributed by atoms with Crippen LogP contribution in [0.1, 0.15) is 59.6 Å². The Labute approximate surface area is 207 Å². The molecule has 0 spiro atoms. The molecule has 0 saturated carbocycles. The highest BCUT2D eigenvalue weighted by Gasteiger charge is 2.41. The minimum atomic E-state index is -4.76. The summed E-state index contributed by atoms with van der Waals surface area (Å²) in [5, 5.41) is 3.72. The lowest BCUT2D eigenvalue weighted by molar-refractivity contribution is -0.141. The summed E-state index contributed by atoms with van der Waals surface area (Å²) < 4.78 is 70.0. The standard InChI is InChI=1S/C25H27F3N4O3S/c26-25(27,28)23-22(24(33)30-12-5-2-6-13-30)21-17-19(11-16-32(21)29-23)18-9-14-31(15-10-18)36(34,35)20-7-3-1-4-8-20/h1,3-4,7-8,11,16-18H,2,5-6,9-10,12-15H2. The zero-order valence-corrected chi connectivity index (χ0v) is 20.4. The number of aromatic nitrogens is 2. The topological polar surface area (TPSA) is 75.0 Å². The van der Waals surface area contributed by atoms with Gasteiger partial charge in [-0.2, -0.15) is 22.6 Å². The van der Waals surface area contributed by atoms with Crippen LogP contribution in [0, 0.1) is 0 Å². The highest BCUT2D eigenvalue weighted by atomic mass is 32.2. The summed E-state index contributed by atoms with van der Waals surface area (Å²) in [6.45, 7) is 1.47. The molecule has 2 aromatic heterocycles. The third-order valence-corrected chi connectivity index (χ3v) is 9.00. The molecule has 4 heterocycles. The van der Waals surface area contributed by atoms with Gasteiger partial charge in [0, 0.05) is 32.4 Å². The number of benzene rings is 1. The van der Waals surface area contributed by atoms with Gasteiger partial charge in [0.15, 0.2) is 5.69 Å². The van der Waals surface area contributed by atoms with Gasteiger partial charge in [-0.3, -0.25) is 4.79 Å². The van der Waals surface area contributed by atoms with Gasteiger partial charge in [-0.15, -0.1) is 0 Å². The van der Waals surface area contributed by atoms with Crippen molar-refractivity contribution in [2.24, 2.45) is 0 Å². The Morgan fingerprint density at radius 1 is 0.944 bits per heavy atom. The molecule has 2 aliphatic rings. The van der Waals surface area contributed by atoms with Gasteiger partial charge in [0.05, 0.1) is 16.0 Å². The van der Waals surface area contributed by atoms with Crippen molar-refractivity contribution in [3.05, 3.63) is 65.5 Å². The molecule has 36 heavy (non-hydrogen) atoms. The number of amides is 1. The van der Waals surface area contributed by atoms with Crippen LogP contribution in [0.5, 0.6) is 0 Å². The first-order valence-electron chi connectivity index (χ1n) is 12.1. The average Bonchev–Trinajstić information content (AvgIpc) is 3.29. The van der Waals surface area contributed by atoms with Gasteiger partial charge in [0.1, 0.15) is 0 Å². The Hall–Kier alpha value is -2.92. The van der Waals surface area contributed by atoms with E-state index in [9.17, 15) is 26.4 Å². The van der Waals surface area contributed by atoms with Crippen LogP contribution in [0.2, 0.25) is 0 Å². The zero-order valence-electron chi connectivity index (χ0n) is 19.6. The summed E-state index contributed by atoms with van der Waals surface area (Å²) in [5.74, 6) is -0.683. The van der Waals surface area contributed by atoms with Crippen LogP contribution in [0.3, 0.4) is 0 Å². The minimum absolute atomic E-state index is 0.0422. The fraction of sp³-hybridized carbons (Fsp3) is 0.440. The highest BCUT2D eigenvalue weighted by Crippen LogP contribution is 2.36. The predicted octanol–water partition coefficient (Wildman–Crippen LogP) is 4.55. The molecule has 0 bridgehead atoms. The molecular weight excluding hydrogens is 493 g/mol. The number of fused-ring (bicyclic) bond motifs is 1. The molecule has 2 aliphatic heterocycles. The van der Waals surface area contributed by atoms with Crippen molar-refractivity contribution < 1.29 is 26.4 Å². The van der Waals surface area contributed by atoms with Gasteiger partial charge in [-0.1, -0.05) is 18.2 Å². The smallest absolute Gasteiger partial charge is 0.339 e. The summed E-state index contributed by atoms with van der Waals surface area (Å²) in [6, 6.07) is 11.6. The molecule has 1 aromatic carbocycles. The normalized spacial score (nSPS) is 18.6. The molecule has 0 N–H and O–H groups in total. The minimum Gasteiger partial charge on any atom is -0.339 e. The number of alkyl halides is 3. The lowest BCUT2D eigenvalue weighted by Gasteiger charge is -2.31. The van der Waals surface area contributed by atoms with Crippen LogP contribution in [0.25, 0.3) is 5.52 Å². The number of piperidine rings is 2. The quantitative estimate of drug-likeness (QED) is 0.506. The van der Waals surface area contributed by atoms with E-state index in [1.807, 2.05) is 0 Å². The largest absolute Gasteiger partial charge is 0.436 e. The molecule has 3 aromatic rings. The number of carbonyl (C=O) groups excluding carboxylic acids is 1. The van der Waals surface area contributed by atoms with Crippen LogP contribution >= 0.6 is 0 Å². The van der Waals surface area contributed by atoms with Crippen LogP contribution in [-0.2, 0) is 16.2 Å². The van der Waals surface area contributed by atoms with E-state index in [1.165, 1.54) is 15.4 Å². The number of halogens is 3. The van der Waals surface area contributed by atoms with Crippen molar-refractivity contribution in [3.8, 4) is 0 Å². The summed E-state index contributed by atoms with van der Waals surface area (Å²) in [7, 11) is -3.60. The number of rotatable bonds is 4. The Bertz CT molecular complexity index is 1360. The van der Waals surface area contributed by atoms with Crippen molar-refractivity contribution in [2.75, 3.05) is 26.2 Å². The van der Waals surface area contributed by atoms with Crippen molar-refractivity contribution in [3.63, 3.8) is 0 Å². The first-order valence-corrected chi connectivity index (χ1v) is 13.5. The van der Waals surface area contributed by atoms with Gasteiger partial charge in [-0.25, -0.2) is 12.9 Å². The van der Waals surface area contributed by atoms with E-state index in [1.54, 1.807) is 42.5 Å². The van der Waals surface area contributed by atoms with Crippen LogP contribution in [0.4, 0.5) is 13.2 Å². The molecule has 192 valence electrons. The van der Waals surface area contributed by atoms with Crippen molar-refractivity contribution >= 4 is 21.4 Å². The maximum Gasteiger partial charge on any atom is 0.436 e. The summed E-state index contributed by atoms with van der Waals surface area (Å²) >= 11 is 0. The zero-order chi connectivity index (χ0) is 25.5.